The van der Waals surface area contributed by atoms with Gasteiger partial charge in [0.25, 0.3) is 0 Å². The van der Waals surface area contributed by atoms with Crippen molar-refractivity contribution in [3.8, 4) is 62.1 Å². The molecule has 0 fully saturated rings. The van der Waals surface area contributed by atoms with Crippen LogP contribution in [0.5, 0.6) is 0 Å². The summed E-state index contributed by atoms with van der Waals surface area (Å²) in [5.41, 5.74) is 10.0. The van der Waals surface area contributed by atoms with Crippen molar-refractivity contribution in [1.82, 2.24) is 19.5 Å². The number of rotatable bonds is 6. The maximum Gasteiger partial charge on any atom is 0.238 e. The quantitative estimate of drug-likeness (QED) is 0.172. The van der Waals surface area contributed by atoms with Crippen LogP contribution < -0.4 is 0 Å². The van der Waals surface area contributed by atoms with Gasteiger partial charge in [-0.25, -0.2) is 4.98 Å². The number of furan rings is 1. The lowest BCUT2D eigenvalue weighted by molar-refractivity contribution is 0.669. The van der Waals surface area contributed by atoms with E-state index in [2.05, 4.69) is 42.5 Å². The van der Waals surface area contributed by atoms with Crippen LogP contribution in [0.1, 0.15) is 5.48 Å². The van der Waals surface area contributed by atoms with Crippen molar-refractivity contribution in [3.63, 3.8) is 0 Å². The van der Waals surface area contributed by atoms with Gasteiger partial charge in [0.2, 0.25) is 5.95 Å². The highest BCUT2D eigenvalue weighted by Gasteiger charge is 2.19. The summed E-state index contributed by atoms with van der Waals surface area (Å²) in [7, 11) is 0. The van der Waals surface area contributed by atoms with Crippen LogP contribution in [0.25, 0.3) is 106 Å². The van der Waals surface area contributed by atoms with E-state index in [0.29, 0.717) is 39.1 Å². The van der Waals surface area contributed by atoms with Gasteiger partial charge in [0, 0.05) is 32.7 Å². The van der Waals surface area contributed by atoms with Crippen LogP contribution in [0.3, 0.4) is 0 Å². The first-order valence-electron chi connectivity index (χ1n) is 20.4. The monoisotopic (exact) mass is 720 g/mol. The molecule has 0 unspecified atom stereocenters. The molecule has 0 aliphatic rings. The number of fused-ring (bicyclic) bond motifs is 6. The van der Waals surface area contributed by atoms with Gasteiger partial charge in [0.15, 0.2) is 11.6 Å². The average molecular weight is 721 g/mol. The van der Waals surface area contributed by atoms with Crippen LogP contribution >= 0.6 is 0 Å². The van der Waals surface area contributed by atoms with E-state index in [1.807, 2.05) is 127 Å². The predicted molar refractivity (Wildman–Crippen MR) is 229 cm³/mol. The Labute approximate surface area is 328 Å². The Kier molecular flexibility index (Phi) is 6.50. The lowest BCUT2D eigenvalue weighted by Crippen LogP contribution is -2.06. The van der Waals surface area contributed by atoms with Gasteiger partial charge in [0.1, 0.15) is 11.2 Å². The van der Waals surface area contributed by atoms with Gasteiger partial charge in [-0.1, -0.05) is 139 Å². The number of benzene rings is 8. The van der Waals surface area contributed by atoms with E-state index >= 15 is 0 Å². The Bertz CT molecular complexity index is 3420. The lowest BCUT2D eigenvalue weighted by Gasteiger charge is -2.12. The molecular formula is C51H32N4O. The third-order valence-electron chi connectivity index (χ3n) is 10.4. The number of hydrogen-bond acceptors (Lipinski definition) is 4. The molecule has 11 aromatic rings. The number of nitrogens with zero attached hydrogens (tertiary/aromatic N) is 4. The van der Waals surface area contributed by atoms with E-state index in [-0.39, 0.29) is 35.6 Å². The molecule has 0 atom stereocenters. The zero-order valence-corrected chi connectivity index (χ0v) is 29.9. The third-order valence-corrected chi connectivity index (χ3v) is 10.4. The molecule has 0 amide bonds. The lowest BCUT2D eigenvalue weighted by atomic mass is 9.93. The van der Waals surface area contributed by atoms with E-state index < -0.39 is 0 Å². The van der Waals surface area contributed by atoms with Gasteiger partial charge in [-0.15, -0.1) is 0 Å². The van der Waals surface area contributed by atoms with Crippen LogP contribution in [0.2, 0.25) is 0 Å². The minimum absolute atomic E-state index is 0.136. The van der Waals surface area contributed by atoms with E-state index in [1.165, 1.54) is 0 Å². The van der Waals surface area contributed by atoms with Gasteiger partial charge in [-0.2, -0.15) is 9.97 Å². The summed E-state index contributed by atoms with van der Waals surface area (Å²) in [5, 5.41) is 3.02. The van der Waals surface area contributed by atoms with Crippen molar-refractivity contribution >= 4 is 43.7 Å². The molecule has 5 heteroatoms. The van der Waals surface area contributed by atoms with Gasteiger partial charge in [0.05, 0.1) is 16.5 Å². The molecule has 8 aromatic carbocycles. The summed E-state index contributed by atoms with van der Waals surface area (Å²) in [6.07, 6.45) is 0. The largest absolute Gasteiger partial charge is 0.456 e. The molecule has 0 saturated heterocycles. The first-order valence-corrected chi connectivity index (χ1v) is 18.4. The summed E-state index contributed by atoms with van der Waals surface area (Å²) in [6, 6.07) is 55.6. The van der Waals surface area contributed by atoms with Gasteiger partial charge in [-0.3, -0.25) is 4.57 Å². The smallest absolute Gasteiger partial charge is 0.238 e. The summed E-state index contributed by atoms with van der Waals surface area (Å²) in [6.45, 7) is 0. The zero-order valence-electron chi connectivity index (χ0n) is 33.9. The summed E-state index contributed by atoms with van der Waals surface area (Å²) >= 11 is 0. The summed E-state index contributed by atoms with van der Waals surface area (Å²) < 4.78 is 44.1. The second-order valence-electron chi connectivity index (χ2n) is 13.8. The molecule has 0 aliphatic carbocycles. The second kappa shape index (κ2) is 13.0. The van der Waals surface area contributed by atoms with Crippen LogP contribution in [0, 0.1) is 0 Å². The third kappa shape index (κ3) is 5.45. The van der Waals surface area contributed by atoms with Crippen LogP contribution in [-0.2, 0) is 0 Å². The Balaban J connectivity index is 1.17. The van der Waals surface area contributed by atoms with Crippen molar-refractivity contribution in [2.75, 3.05) is 0 Å². The molecule has 3 aromatic heterocycles. The van der Waals surface area contributed by atoms with E-state index in [9.17, 15) is 2.74 Å². The zero-order chi connectivity index (χ0) is 40.5. The fraction of sp³-hybridized carbons (Fsp3) is 0. The molecular weight excluding hydrogens is 685 g/mol. The Morgan fingerprint density at radius 1 is 0.375 bits per heavy atom. The maximum absolute atomic E-state index is 9.30. The first-order chi connectivity index (χ1) is 29.4. The number of para-hydroxylation sites is 2. The molecule has 11 rings (SSSR count). The normalized spacial score (nSPS) is 12.6. The fourth-order valence-electron chi connectivity index (χ4n) is 7.67. The molecule has 0 bridgehead atoms. The molecule has 0 radical (unpaired) electrons. The van der Waals surface area contributed by atoms with Crippen LogP contribution in [0.4, 0.5) is 0 Å². The molecule has 0 spiro atoms. The van der Waals surface area contributed by atoms with Gasteiger partial charge in [-0.05, 0) is 88.0 Å². The second-order valence-corrected chi connectivity index (χ2v) is 13.8. The van der Waals surface area contributed by atoms with Crippen LogP contribution in [-0.4, -0.2) is 19.5 Å². The average Bonchev–Trinajstić information content (AvgIpc) is 3.86. The minimum Gasteiger partial charge on any atom is -0.456 e. The molecule has 3 heterocycles. The van der Waals surface area contributed by atoms with E-state index in [1.54, 1.807) is 4.57 Å². The minimum atomic E-state index is -0.340. The summed E-state index contributed by atoms with van der Waals surface area (Å²) in [4.78, 5) is 15.1. The molecule has 56 heavy (non-hydrogen) atoms. The predicted octanol–water partition coefficient (Wildman–Crippen LogP) is 13.2. The van der Waals surface area contributed by atoms with Crippen molar-refractivity contribution in [1.29, 1.82) is 0 Å². The highest BCUT2D eigenvalue weighted by atomic mass is 16.3. The number of aromatic nitrogens is 4. The highest BCUT2D eigenvalue weighted by molar-refractivity contribution is 6.10. The van der Waals surface area contributed by atoms with Crippen LogP contribution in [0.15, 0.2) is 198 Å². The molecule has 0 aliphatic heterocycles. The van der Waals surface area contributed by atoms with Gasteiger partial charge < -0.3 is 4.42 Å². The SMILES string of the molecule is [2H]c1c([2H])c([2H])c2c(c1[2H])c1cc(-c3cc(-c4ccccc4)cc(-c4ccccc4)c3)ccc1n2-c1nc(-c2ccccc2)nc(-c2ccc3c(c2)oc2ccccc23)n1. The molecule has 0 N–H and O–H groups in total. The van der Waals surface area contributed by atoms with E-state index in [4.69, 9.17) is 22.1 Å². The van der Waals surface area contributed by atoms with Crippen molar-refractivity contribution in [3.05, 3.63) is 194 Å². The Morgan fingerprint density at radius 3 is 1.66 bits per heavy atom. The molecule has 5 nitrogen and oxygen atoms in total. The Morgan fingerprint density at radius 2 is 0.946 bits per heavy atom. The highest BCUT2D eigenvalue weighted by Crippen LogP contribution is 2.38. The van der Waals surface area contributed by atoms with E-state index in [0.717, 1.165) is 55.3 Å². The first kappa shape index (κ1) is 27.9. The maximum atomic E-state index is 9.30. The van der Waals surface area contributed by atoms with Crippen molar-refractivity contribution in [2.24, 2.45) is 0 Å². The number of hydrogen-bond donors (Lipinski definition) is 0. The van der Waals surface area contributed by atoms with Crippen molar-refractivity contribution < 1.29 is 9.90 Å². The fourth-order valence-corrected chi connectivity index (χ4v) is 7.67. The topological polar surface area (TPSA) is 56.7 Å². The summed E-state index contributed by atoms with van der Waals surface area (Å²) in [5.74, 6) is 1.03. The van der Waals surface area contributed by atoms with Crippen molar-refractivity contribution in [2.45, 2.75) is 0 Å². The molecule has 262 valence electrons. The molecule has 0 saturated carbocycles. The standard InChI is InChI=1S/C51H32N4O/c1-4-14-33(15-5-1)38-28-39(34-16-6-2-7-17-34)30-40(29-38)36-25-27-46-44(31-36)41-20-10-12-22-45(41)55(46)51-53-49(35-18-8-3-9-19-35)52-50(54-51)37-24-26-43-42-21-11-13-23-47(42)56-48(43)32-37/h1-32H/i10D,12D,20D,22D. The van der Waals surface area contributed by atoms with Gasteiger partial charge >= 0.3 is 0 Å². The Hall–Kier alpha value is -7.63.